The number of nitrogens with zero attached hydrogens (tertiary/aromatic N) is 1. The second-order valence-corrected chi connectivity index (χ2v) is 2.79. The van der Waals surface area contributed by atoms with Crippen LogP contribution in [0.5, 0.6) is 0 Å². The molecule has 4 nitrogen and oxygen atoms in total. The number of aromatic nitrogens is 2. The van der Waals surface area contributed by atoms with Crippen LogP contribution in [0.1, 0.15) is 6.92 Å². The van der Waals surface area contributed by atoms with Crippen LogP contribution < -0.4 is 5.32 Å². The van der Waals surface area contributed by atoms with Crippen LogP contribution >= 0.6 is 11.6 Å². The van der Waals surface area contributed by atoms with E-state index in [2.05, 4.69) is 15.3 Å². The van der Waals surface area contributed by atoms with E-state index in [0.717, 1.165) is 0 Å². The molecule has 5 heteroatoms. The summed E-state index contributed by atoms with van der Waals surface area (Å²) in [5, 5.41) is 2.58. The number of anilines is 1. The van der Waals surface area contributed by atoms with Gasteiger partial charge in [0.15, 0.2) is 0 Å². The summed E-state index contributed by atoms with van der Waals surface area (Å²) in [6, 6.07) is 0. The number of imidazole rings is 1. The number of carbonyl (C=O) groups is 1. The Bertz CT molecular complexity index is 247. The minimum absolute atomic E-state index is 0.125. The average Bonchev–Trinajstić information content (AvgIpc) is 2.55. The molecule has 0 aliphatic heterocycles. The third-order valence-electron chi connectivity index (χ3n) is 1.42. The molecular formula is C7H10ClN3O. The quantitative estimate of drug-likeness (QED) is 0.700. The third-order valence-corrected chi connectivity index (χ3v) is 1.88. The molecule has 1 atom stereocenters. The molecule has 0 saturated carbocycles. The lowest BCUT2D eigenvalue weighted by molar-refractivity contribution is -0.118. The molecule has 1 heterocycles. The van der Waals surface area contributed by atoms with E-state index in [1.165, 1.54) is 0 Å². The van der Waals surface area contributed by atoms with Crippen molar-refractivity contribution >= 4 is 23.5 Å². The molecule has 1 rings (SSSR count). The molecule has 0 radical (unpaired) electrons. The summed E-state index contributed by atoms with van der Waals surface area (Å²) in [4.78, 5) is 17.8. The van der Waals surface area contributed by atoms with Crippen LogP contribution in [-0.2, 0) is 4.79 Å². The molecular weight excluding hydrogens is 178 g/mol. The van der Waals surface area contributed by atoms with Gasteiger partial charge < -0.3 is 4.98 Å². The highest BCUT2D eigenvalue weighted by molar-refractivity contribution is 6.19. The zero-order chi connectivity index (χ0) is 8.97. The smallest absolute Gasteiger partial charge is 0.230 e. The van der Waals surface area contributed by atoms with E-state index in [-0.39, 0.29) is 11.8 Å². The number of hydrogen-bond donors (Lipinski definition) is 2. The molecule has 1 unspecified atom stereocenters. The second-order valence-electron chi connectivity index (χ2n) is 2.48. The van der Waals surface area contributed by atoms with Crippen molar-refractivity contribution in [1.82, 2.24) is 9.97 Å². The van der Waals surface area contributed by atoms with Crippen LogP contribution in [0.3, 0.4) is 0 Å². The standard InChI is InChI=1S/C7H10ClN3O/c1-5(4-8)6(12)11-7-9-2-3-10-7/h2-3,5H,4H2,1H3,(H2,9,10,11,12). The highest BCUT2D eigenvalue weighted by Gasteiger charge is 2.11. The minimum atomic E-state index is -0.197. The maximum absolute atomic E-state index is 11.2. The van der Waals surface area contributed by atoms with Crippen molar-refractivity contribution in [2.24, 2.45) is 5.92 Å². The van der Waals surface area contributed by atoms with Crippen LogP contribution in [0.15, 0.2) is 12.4 Å². The normalized spacial score (nSPS) is 12.5. The van der Waals surface area contributed by atoms with Crippen LogP contribution in [0.25, 0.3) is 0 Å². The van der Waals surface area contributed by atoms with E-state index in [4.69, 9.17) is 11.6 Å². The molecule has 0 aromatic carbocycles. The summed E-state index contributed by atoms with van der Waals surface area (Å²) in [5.74, 6) is 0.445. The van der Waals surface area contributed by atoms with Crippen molar-refractivity contribution in [2.75, 3.05) is 11.2 Å². The second kappa shape index (κ2) is 4.11. The monoisotopic (exact) mass is 187 g/mol. The van der Waals surface area contributed by atoms with Gasteiger partial charge in [-0.2, -0.15) is 0 Å². The number of nitrogens with one attached hydrogen (secondary N) is 2. The summed E-state index contributed by atoms with van der Waals surface area (Å²) in [5.41, 5.74) is 0. The third kappa shape index (κ3) is 2.23. The van der Waals surface area contributed by atoms with Gasteiger partial charge in [0.05, 0.1) is 0 Å². The first kappa shape index (κ1) is 9.06. The maximum Gasteiger partial charge on any atom is 0.230 e. The molecule has 0 aliphatic carbocycles. The lowest BCUT2D eigenvalue weighted by Crippen LogP contribution is -2.21. The number of carbonyl (C=O) groups excluding carboxylic acids is 1. The summed E-state index contributed by atoms with van der Waals surface area (Å²) in [6.45, 7) is 1.76. The van der Waals surface area contributed by atoms with Crippen molar-refractivity contribution in [3.8, 4) is 0 Å². The Morgan fingerprint density at radius 1 is 1.92 bits per heavy atom. The molecule has 1 amide bonds. The fraction of sp³-hybridized carbons (Fsp3) is 0.429. The number of amides is 1. The van der Waals surface area contributed by atoms with E-state index in [9.17, 15) is 4.79 Å². The first-order valence-corrected chi connectivity index (χ1v) is 4.13. The van der Waals surface area contributed by atoms with Crippen LogP contribution in [0.4, 0.5) is 5.95 Å². The SMILES string of the molecule is CC(CCl)C(=O)Nc1ncc[nH]1. The Kier molecular flexibility index (Phi) is 3.10. The Labute approximate surface area is 75.3 Å². The molecule has 0 fully saturated rings. The molecule has 0 aliphatic rings. The van der Waals surface area contributed by atoms with E-state index >= 15 is 0 Å². The molecule has 0 spiro atoms. The van der Waals surface area contributed by atoms with Gasteiger partial charge >= 0.3 is 0 Å². The van der Waals surface area contributed by atoms with Crippen LogP contribution in [-0.4, -0.2) is 21.8 Å². The predicted octanol–water partition coefficient (Wildman–Crippen LogP) is 1.22. The van der Waals surface area contributed by atoms with Crippen molar-refractivity contribution < 1.29 is 4.79 Å². The fourth-order valence-corrected chi connectivity index (χ4v) is 0.784. The van der Waals surface area contributed by atoms with Gasteiger partial charge in [-0.1, -0.05) is 6.92 Å². The van der Waals surface area contributed by atoms with E-state index in [1.807, 2.05) is 0 Å². The van der Waals surface area contributed by atoms with Crippen molar-refractivity contribution in [3.63, 3.8) is 0 Å². The van der Waals surface area contributed by atoms with Crippen LogP contribution in [0.2, 0.25) is 0 Å². The number of rotatable bonds is 3. The molecule has 0 bridgehead atoms. The van der Waals surface area contributed by atoms with E-state index in [1.54, 1.807) is 19.3 Å². The lowest BCUT2D eigenvalue weighted by atomic mass is 10.2. The summed E-state index contributed by atoms with van der Waals surface area (Å²) in [7, 11) is 0. The summed E-state index contributed by atoms with van der Waals surface area (Å²) in [6.07, 6.45) is 3.21. The Morgan fingerprint density at radius 2 is 2.67 bits per heavy atom. The maximum atomic E-state index is 11.2. The van der Waals surface area contributed by atoms with Gasteiger partial charge in [0.2, 0.25) is 11.9 Å². The number of aromatic amines is 1. The molecule has 1 aromatic rings. The van der Waals surface area contributed by atoms with Gasteiger partial charge in [-0.15, -0.1) is 11.6 Å². The lowest BCUT2D eigenvalue weighted by Gasteiger charge is -2.05. The molecule has 1 aromatic heterocycles. The zero-order valence-corrected chi connectivity index (χ0v) is 7.43. The number of halogens is 1. The topological polar surface area (TPSA) is 57.8 Å². The highest BCUT2D eigenvalue weighted by Crippen LogP contribution is 2.02. The first-order valence-electron chi connectivity index (χ1n) is 3.60. The van der Waals surface area contributed by atoms with Gasteiger partial charge in [-0.25, -0.2) is 4.98 Å². The van der Waals surface area contributed by atoms with Gasteiger partial charge in [-0.05, 0) is 0 Å². The zero-order valence-electron chi connectivity index (χ0n) is 6.67. The van der Waals surface area contributed by atoms with Crippen molar-refractivity contribution in [2.45, 2.75) is 6.92 Å². The van der Waals surface area contributed by atoms with Crippen LogP contribution in [0, 0.1) is 5.92 Å². The summed E-state index contributed by atoms with van der Waals surface area (Å²) >= 11 is 5.50. The summed E-state index contributed by atoms with van der Waals surface area (Å²) < 4.78 is 0. The van der Waals surface area contributed by atoms with E-state index < -0.39 is 0 Å². The Hall–Kier alpha value is -1.03. The molecule has 12 heavy (non-hydrogen) atoms. The van der Waals surface area contributed by atoms with E-state index in [0.29, 0.717) is 11.8 Å². The number of hydrogen-bond acceptors (Lipinski definition) is 2. The Morgan fingerprint density at radius 3 is 3.17 bits per heavy atom. The van der Waals surface area contributed by atoms with Crippen molar-refractivity contribution in [3.05, 3.63) is 12.4 Å². The van der Waals surface area contributed by atoms with Gasteiger partial charge in [-0.3, -0.25) is 10.1 Å². The first-order chi connectivity index (χ1) is 5.74. The van der Waals surface area contributed by atoms with Gasteiger partial charge in [0, 0.05) is 24.2 Å². The Balaban J connectivity index is 2.47. The number of H-pyrrole nitrogens is 1. The van der Waals surface area contributed by atoms with Gasteiger partial charge in [0.1, 0.15) is 0 Å². The molecule has 0 saturated heterocycles. The predicted molar refractivity (Wildman–Crippen MR) is 47.1 cm³/mol. The molecule has 66 valence electrons. The molecule has 2 N–H and O–H groups in total. The fourth-order valence-electron chi connectivity index (χ4n) is 0.644. The average molecular weight is 188 g/mol. The largest absolute Gasteiger partial charge is 0.331 e. The number of alkyl halides is 1. The van der Waals surface area contributed by atoms with Crippen molar-refractivity contribution in [1.29, 1.82) is 0 Å². The minimum Gasteiger partial charge on any atom is -0.331 e. The highest BCUT2D eigenvalue weighted by atomic mass is 35.5. The van der Waals surface area contributed by atoms with Gasteiger partial charge in [0.25, 0.3) is 0 Å².